The number of halogens is 2. The lowest BCUT2D eigenvalue weighted by molar-refractivity contribution is 0.0761. The first-order valence-electron chi connectivity index (χ1n) is 8.49. The van der Waals surface area contributed by atoms with E-state index in [1.54, 1.807) is 47.4 Å². The lowest BCUT2D eigenvalue weighted by atomic mass is 10.1. The first-order valence-corrected chi connectivity index (χ1v) is 9.28. The van der Waals surface area contributed by atoms with Crippen LogP contribution in [0.15, 0.2) is 59.6 Å². The number of carbonyl (C=O) groups is 2. The SMILES string of the molecule is C=CCN(Cc1cc(Br)ccc1F)C(=O)c1ccc(N2CCNC2=O)cc1. The molecule has 1 heterocycles. The van der Waals surface area contributed by atoms with E-state index in [0.29, 0.717) is 30.8 Å². The minimum atomic E-state index is -0.365. The Morgan fingerprint density at radius 2 is 2.04 bits per heavy atom. The number of nitrogens with zero attached hydrogens (tertiary/aromatic N) is 2. The Kier molecular flexibility index (Phi) is 5.91. The molecule has 1 aliphatic rings. The second-order valence-corrected chi connectivity index (χ2v) is 7.06. The molecule has 27 heavy (non-hydrogen) atoms. The van der Waals surface area contributed by atoms with Gasteiger partial charge in [0.15, 0.2) is 0 Å². The third-order valence-electron chi connectivity index (χ3n) is 4.29. The van der Waals surface area contributed by atoms with E-state index in [9.17, 15) is 14.0 Å². The Balaban J connectivity index is 1.79. The van der Waals surface area contributed by atoms with Gasteiger partial charge >= 0.3 is 6.03 Å². The van der Waals surface area contributed by atoms with Crippen molar-refractivity contribution in [1.82, 2.24) is 10.2 Å². The van der Waals surface area contributed by atoms with Crippen molar-refractivity contribution in [3.05, 3.63) is 76.5 Å². The van der Waals surface area contributed by atoms with Crippen molar-refractivity contribution in [3.63, 3.8) is 0 Å². The van der Waals surface area contributed by atoms with Crippen LogP contribution in [-0.4, -0.2) is 36.5 Å². The quantitative estimate of drug-likeness (QED) is 0.704. The van der Waals surface area contributed by atoms with Crippen molar-refractivity contribution >= 4 is 33.6 Å². The number of amides is 3. The highest BCUT2D eigenvalue weighted by Crippen LogP contribution is 2.21. The second-order valence-electron chi connectivity index (χ2n) is 6.14. The molecule has 5 nitrogen and oxygen atoms in total. The van der Waals surface area contributed by atoms with Crippen LogP contribution in [0.2, 0.25) is 0 Å². The molecule has 3 amide bonds. The summed E-state index contributed by atoms with van der Waals surface area (Å²) in [7, 11) is 0. The van der Waals surface area contributed by atoms with Gasteiger partial charge in [-0.15, -0.1) is 6.58 Å². The summed E-state index contributed by atoms with van der Waals surface area (Å²) in [5, 5.41) is 2.74. The van der Waals surface area contributed by atoms with Crippen molar-refractivity contribution in [1.29, 1.82) is 0 Å². The molecule has 0 spiro atoms. The van der Waals surface area contributed by atoms with E-state index >= 15 is 0 Å². The first kappa shape index (κ1) is 19.1. The predicted octanol–water partition coefficient (Wildman–Crippen LogP) is 3.95. The summed E-state index contributed by atoms with van der Waals surface area (Å²) in [5.41, 5.74) is 1.62. The molecule has 0 aromatic heterocycles. The predicted molar refractivity (Wildman–Crippen MR) is 106 cm³/mol. The molecule has 2 aromatic carbocycles. The monoisotopic (exact) mass is 431 g/mol. The van der Waals surface area contributed by atoms with Crippen molar-refractivity contribution in [2.24, 2.45) is 0 Å². The lowest BCUT2D eigenvalue weighted by Crippen LogP contribution is -2.31. The lowest BCUT2D eigenvalue weighted by Gasteiger charge is -2.22. The molecule has 0 unspecified atom stereocenters. The molecular formula is C20H19BrFN3O2. The highest BCUT2D eigenvalue weighted by molar-refractivity contribution is 9.10. The van der Waals surface area contributed by atoms with Crippen molar-refractivity contribution < 1.29 is 14.0 Å². The summed E-state index contributed by atoms with van der Waals surface area (Å²) in [6, 6.07) is 11.3. The number of benzene rings is 2. The number of anilines is 1. The highest BCUT2D eigenvalue weighted by atomic mass is 79.9. The molecule has 7 heteroatoms. The van der Waals surface area contributed by atoms with Gasteiger partial charge in [0.1, 0.15) is 5.82 Å². The summed E-state index contributed by atoms with van der Waals surface area (Å²) >= 11 is 3.32. The number of carbonyl (C=O) groups excluding carboxylic acids is 2. The molecule has 0 atom stereocenters. The standard InChI is InChI=1S/C20H19BrFN3O2/c1-2-10-24(13-15-12-16(21)5-8-18(15)22)19(26)14-3-6-17(7-4-14)25-11-9-23-20(25)27/h2-8,12H,1,9-11,13H2,(H,23,27). The van der Waals surface area contributed by atoms with E-state index in [4.69, 9.17) is 0 Å². The van der Waals surface area contributed by atoms with Crippen LogP contribution >= 0.6 is 15.9 Å². The molecule has 140 valence electrons. The van der Waals surface area contributed by atoms with Crippen LogP contribution in [0.4, 0.5) is 14.9 Å². The van der Waals surface area contributed by atoms with E-state index in [1.807, 2.05) is 0 Å². The van der Waals surface area contributed by atoms with E-state index in [1.165, 1.54) is 11.0 Å². The van der Waals surface area contributed by atoms with Gasteiger partial charge in [-0.25, -0.2) is 9.18 Å². The fourth-order valence-electron chi connectivity index (χ4n) is 2.93. The largest absolute Gasteiger partial charge is 0.336 e. The summed E-state index contributed by atoms with van der Waals surface area (Å²) in [5.74, 6) is -0.595. The Labute approximate surface area is 165 Å². The zero-order valence-electron chi connectivity index (χ0n) is 14.6. The molecule has 0 saturated carbocycles. The minimum Gasteiger partial charge on any atom is -0.336 e. The smallest absolute Gasteiger partial charge is 0.321 e. The van der Waals surface area contributed by atoms with Crippen LogP contribution in [0.5, 0.6) is 0 Å². The summed E-state index contributed by atoms with van der Waals surface area (Å²) in [6.07, 6.45) is 1.61. The van der Waals surface area contributed by atoms with Crippen LogP contribution in [0.1, 0.15) is 15.9 Å². The van der Waals surface area contributed by atoms with Gasteiger partial charge in [0, 0.05) is 47.5 Å². The van der Waals surface area contributed by atoms with Crippen LogP contribution in [0.3, 0.4) is 0 Å². The van der Waals surface area contributed by atoms with Crippen molar-refractivity contribution in [2.75, 3.05) is 24.5 Å². The van der Waals surface area contributed by atoms with Gasteiger partial charge in [0.05, 0.1) is 0 Å². The maximum absolute atomic E-state index is 14.1. The van der Waals surface area contributed by atoms with E-state index in [2.05, 4.69) is 27.8 Å². The maximum Gasteiger partial charge on any atom is 0.321 e. The van der Waals surface area contributed by atoms with Crippen molar-refractivity contribution in [2.45, 2.75) is 6.54 Å². The van der Waals surface area contributed by atoms with Gasteiger partial charge in [-0.2, -0.15) is 0 Å². The maximum atomic E-state index is 14.1. The molecule has 1 saturated heterocycles. The zero-order valence-corrected chi connectivity index (χ0v) is 16.2. The molecule has 0 aliphatic carbocycles. The summed E-state index contributed by atoms with van der Waals surface area (Å²) in [4.78, 5) is 27.8. The van der Waals surface area contributed by atoms with Gasteiger partial charge in [-0.1, -0.05) is 22.0 Å². The van der Waals surface area contributed by atoms with Crippen LogP contribution in [-0.2, 0) is 6.54 Å². The number of nitrogens with one attached hydrogen (secondary N) is 1. The van der Waals surface area contributed by atoms with Gasteiger partial charge in [-0.05, 0) is 42.5 Å². The molecule has 2 aromatic rings. The van der Waals surface area contributed by atoms with Gasteiger partial charge < -0.3 is 10.2 Å². The minimum absolute atomic E-state index is 0.131. The van der Waals surface area contributed by atoms with Gasteiger partial charge in [-0.3, -0.25) is 9.69 Å². The van der Waals surface area contributed by atoms with Gasteiger partial charge in [0.25, 0.3) is 5.91 Å². The topological polar surface area (TPSA) is 52.7 Å². The number of urea groups is 1. The Morgan fingerprint density at radius 3 is 2.67 bits per heavy atom. The second kappa shape index (κ2) is 8.35. The molecule has 0 bridgehead atoms. The average molecular weight is 432 g/mol. The molecular weight excluding hydrogens is 413 g/mol. The normalized spacial score (nSPS) is 13.4. The van der Waals surface area contributed by atoms with Crippen molar-refractivity contribution in [3.8, 4) is 0 Å². The molecule has 1 aliphatic heterocycles. The summed E-state index contributed by atoms with van der Waals surface area (Å²) in [6.45, 7) is 5.31. The van der Waals surface area contributed by atoms with Gasteiger partial charge in [0.2, 0.25) is 0 Å². The van der Waals surface area contributed by atoms with Crippen LogP contribution < -0.4 is 10.2 Å². The van der Waals surface area contributed by atoms with E-state index in [-0.39, 0.29) is 24.3 Å². The van der Waals surface area contributed by atoms with E-state index in [0.717, 1.165) is 10.2 Å². The highest BCUT2D eigenvalue weighted by Gasteiger charge is 2.22. The average Bonchev–Trinajstić information content (AvgIpc) is 3.10. The Bertz CT molecular complexity index is 870. The fraction of sp³-hybridized carbons (Fsp3) is 0.200. The number of rotatable bonds is 6. The third-order valence-corrected chi connectivity index (χ3v) is 4.78. The number of hydrogen-bond donors (Lipinski definition) is 1. The Morgan fingerprint density at radius 1 is 1.30 bits per heavy atom. The molecule has 1 fully saturated rings. The Hall–Kier alpha value is -2.67. The fourth-order valence-corrected chi connectivity index (χ4v) is 3.34. The molecule has 1 N–H and O–H groups in total. The third kappa shape index (κ3) is 4.36. The number of hydrogen-bond acceptors (Lipinski definition) is 2. The van der Waals surface area contributed by atoms with Crippen LogP contribution in [0, 0.1) is 5.82 Å². The van der Waals surface area contributed by atoms with Crippen LogP contribution in [0.25, 0.3) is 0 Å². The molecule has 3 rings (SSSR count). The molecule has 0 radical (unpaired) electrons. The summed E-state index contributed by atoms with van der Waals surface area (Å²) < 4.78 is 14.8. The zero-order chi connectivity index (χ0) is 19.4. The van der Waals surface area contributed by atoms with E-state index < -0.39 is 0 Å². The first-order chi connectivity index (χ1) is 13.0.